The maximum absolute atomic E-state index is 15.5. The summed E-state index contributed by atoms with van der Waals surface area (Å²) in [6.45, 7) is 16.6. The molecule has 4 heterocycles. The Morgan fingerprint density at radius 1 is 0.287 bits per heavy atom. The average molecular weight is 1220 g/mol. The second-order valence-corrected chi connectivity index (χ2v) is 25.3. The summed E-state index contributed by atoms with van der Waals surface area (Å²) in [5.41, 5.74) is 21.8. The lowest BCUT2D eigenvalue weighted by molar-refractivity contribution is -0.137. The van der Waals surface area contributed by atoms with Gasteiger partial charge in [-0.25, -0.2) is 0 Å². The van der Waals surface area contributed by atoms with E-state index in [0.717, 1.165) is 110 Å². The Morgan fingerprint density at radius 2 is 0.564 bits per heavy atom. The minimum absolute atomic E-state index is 0.0238. The Labute approximate surface area is 541 Å². The number of benzene rings is 12. The van der Waals surface area contributed by atoms with E-state index in [4.69, 9.17) is 0 Å². The van der Waals surface area contributed by atoms with Crippen molar-refractivity contribution in [3.63, 3.8) is 0 Å². The van der Waals surface area contributed by atoms with E-state index in [1.165, 1.54) is 49.9 Å². The van der Waals surface area contributed by atoms with E-state index >= 15 is 13.2 Å². The van der Waals surface area contributed by atoms with Crippen LogP contribution in [0.4, 0.5) is 13.2 Å². The van der Waals surface area contributed by atoms with Crippen molar-refractivity contribution in [2.24, 2.45) is 0 Å². The molecule has 10 heteroatoms. The van der Waals surface area contributed by atoms with Crippen LogP contribution in [-0.4, -0.2) is 18.3 Å². The molecule has 0 spiro atoms. The molecule has 16 aromatic rings. The molecule has 0 aliphatic rings. The lowest BCUT2D eigenvalue weighted by Crippen LogP contribution is -2.12. The van der Waals surface area contributed by atoms with Crippen molar-refractivity contribution in [1.29, 1.82) is 15.8 Å². The summed E-state index contributed by atoms with van der Waals surface area (Å²) < 4.78 is 55.1. The number of rotatable bonds is 6. The largest absolute Gasteiger partial charge is 0.417 e. The molecular formula is C84H60F3N7. The van der Waals surface area contributed by atoms with Crippen LogP contribution in [0.25, 0.3) is 132 Å². The number of nitrogens with zero attached hydrogens (tertiary/aromatic N) is 7. The average Bonchev–Trinajstić information content (AvgIpc) is 1.54. The van der Waals surface area contributed by atoms with Gasteiger partial charge >= 0.3 is 6.18 Å². The Kier molecular flexibility index (Phi) is 13.8. The highest BCUT2D eigenvalue weighted by Crippen LogP contribution is 2.48. The van der Waals surface area contributed by atoms with E-state index < -0.39 is 11.7 Å². The van der Waals surface area contributed by atoms with Gasteiger partial charge in [0.15, 0.2) is 0 Å². The molecule has 0 saturated heterocycles. The molecule has 0 aliphatic carbocycles. The Hall–Kier alpha value is -11.9. The van der Waals surface area contributed by atoms with Crippen molar-refractivity contribution in [3.8, 4) is 63.2 Å². The van der Waals surface area contributed by atoms with Gasteiger partial charge in [-0.05, 0) is 212 Å². The molecule has 0 bridgehead atoms. The SMILES string of the molecule is Cc1ccc2c(c1)c1cc(C)ccc1n2-c1cc(-n2c3ccc(C)cc3c3cc(C)ccc32)c(-c2cccc(C#N)c2)c(C(F)(F)F)c1.Cc1ccc2c(c1)c1cc(C)ccc1n2-c1cc(C#N)c(-c2cccc(C#N)c2)c(-n2c3ccc(C)cc3c3cc(C)ccc32)c1. The van der Waals surface area contributed by atoms with Crippen LogP contribution < -0.4 is 0 Å². The molecule has 0 amide bonds. The first-order valence-corrected chi connectivity index (χ1v) is 31.3. The highest BCUT2D eigenvalue weighted by Gasteiger charge is 2.37. The molecule has 16 rings (SSSR count). The quantitative estimate of drug-likeness (QED) is 0.166. The smallest absolute Gasteiger partial charge is 0.309 e. The van der Waals surface area contributed by atoms with E-state index in [9.17, 15) is 15.8 Å². The van der Waals surface area contributed by atoms with Gasteiger partial charge in [-0.1, -0.05) is 117 Å². The predicted molar refractivity (Wildman–Crippen MR) is 378 cm³/mol. The maximum atomic E-state index is 15.5. The molecule has 7 nitrogen and oxygen atoms in total. The van der Waals surface area contributed by atoms with Crippen LogP contribution in [0.15, 0.2) is 218 Å². The van der Waals surface area contributed by atoms with Gasteiger partial charge in [0, 0.05) is 65.6 Å². The van der Waals surface area contributed by atoms with Crippen LogP contribution in [0.3, 0.4) is 0 Å². The lowest BCUT2D eigenvalue weighted by atomic mass is 9.94. The summed E-state index contributed by atoms with van der Waals surface area (Å²) in [6, 6.07) is 78.9. The number of nitriles is 3. The van der Waals surface area contributed by atoms with Crippen LogP contribution in [0.2, 0.25) is 0 Å². The molecule has 4 aromatic heterocycles. The van der Waals surface area contributed by atoms with Gasteiger partial charge in [0.1, 0.15) is 0 Å². The third-order valence-corrected chi connectivity index (χ3v) is 18.5. The highest BCUT2D eigenvalue weighted by atomic mass is 19.4. The maximum Gasteiger partial charge on any atom is 0.417 e. The van der Waals surface area contributed by atoms with Gasteiger partial charge in [0.05, 0.1) is 96.0 Å². The standard InChI is InChI=1S/C42H30F3N3.C42H30N4/c1-24-8-12-36-31(16-24)32-17-25(2)9-13-37(32)47(36)30-21-35(42(43,44)45)41(29-7-5-6-28(20-29)23-46)40(22-30)48-38-14-10-26(3)18-33(38)34-19-27(4)11-15-39(34)48;1-25-8-12-37-33(16-25)34-17-26(2)9-13-38(34)45(37)32-21-31(24-44)42(30-7-5-6-29(20-30)23-43)41(22-32)46-39-14-10-27(3)18-35(39)36-19-28(4)11-15-40(36)46/h5-22H,1-4H3;5-22H,1-4H3. The zero-order chi connectivity index (χ0) is 65.2. The van der Waals surface area contributed by atoms with Gasteiger partial charge in [-0.15, -0.1) is 0 Å². The third-order valence-electron chi connectivity index (χ3n) is 18.5. The molecule has 94 heavy (non-hydrogen) atoms. The van der Waals surface area contributed by atoms with E-state index in [0.29, 0.717) is 28.1 Å². The summed E-state index contributed by atoms with van der Waals surface area (Å²) in [5, 5.41) is 39.0. The van der Waals surface area contributed by atoms with Crippen LogP contribution in [-0.2, 0) is 6.18 Å². The van der Waals surface area contributed by atoms with Gasteiger partial charge in [0.25, 0.3) is 0 Å². The molecule has 12 aromatic carbocycles. The normalized spacial score (nSPS) is 11.7. The Balaban J connectivity index is 0.000000155. The van der Waals surface area contributed by atoms with Crippen molar-refractivity contribution in [1.82, 2.24) is 18.3 Å². The van der Waals surface area contributed by atoms with E-state index in [1.54, 1.807) is 30.3 Å². The molecule has 452 valence electrons. The lowest BCUT2D eigenvalue weighted by Gasteiger charge is -2.22. The summed E-state index contributed by atoms with van der Waals surface area (Å²) in [5.74, 6) is 0. The first-order valence-electron chi connectivity index (χ1n) is 31.3. The molecule has 0 aliphatic heterocycles. The number of aryl methyl sites for hydroxylation is 8. The zero-order valence-electron chi connectivity index (χ0n) is 53.0. The monoisotopic (exact) mass is 1220 g/mol. The van der Waals surface area contributed by atoms with Gasteiger partial charge in [0.2, 0.25) is 0 Å². The number of hydrogen-bond acceptors (Lipinski definition) is 3. The van der Waals surface area contributed by atoms with Gasteiger partial charge < -0.3 is 18.3 Å². The van der Waals surface area contributed by atoms with Crippen molar-refractivity contribution < 1.29 is 13.2 Å². The van der Waals surface area contributed by atoms with Crippen molar-refractivity contribution in [3.05, 3.63) is 285 Å². The summed E-state index contributed by atoms with van der Waals surface area (Å²) >= 11 is 0. The molecule has 0 saturated carbocycles. The first-order chi connectivity index (χ1) is 45.3. The Morgan fingerprint density at radius 3 is 0.851 bits per heavy atom. The number of aromatic nitrogens is 4. The fourth-order valence-electron chi connectivity index (χ4n) is 14.3. The number of alkyl halides is 3. The molecule has 0 radical (unpaired) electrons. The van der Waals surface area contributed by atoms with Crippen molar-refractivity contribution in [2.45, 2.75) is 61.6 Å². The fraction of sp³-hybridized carbons (Fsp3) is 0.107. The summed E-state index contributed by atoms with van der Waals surface area (Å²) in [4.78, 5) is 0. The summed E-state index contributed by atoms with van der Waals surface area (Å²) in [7, 11) is 0. The fourth-order valence-corrected chi connectivity index (χ4v) is 14.3. The number of hydrogen-bond donors (Lipinski definition) is 0. The van der Waals surface area contributed by atoms with E-state index in [1.807, 2.05) is 116 Å². The van der Waals surface area contributed by atoms with Crippen molar-refractivity contribution in [2.75, 3.05) is 0 Å². The minimum atomic E-state index is -4.71. The second-order valence-electron chi connectivity index (χ2n) is 25.3. The third kappa shape index (κ3) is 9.63. The number of fused-ring (bicyclic) bond motifs is 12. The molecule has 0 N–H and O–H groups in total. The molecular weight excluding hydrogens is 1160 g/mol. The van der Waals surface area contributed by atoms with Crippen molar-refractivity contribution >= 4 is 87.2 Å². The molecule has 0 unspecified atom stereocenters. The predicted octanol–water partition coefficient (Wildman–Crippen LogP) is 22.2. The minimum Gasteiger partial charge on any atom is -0.309 e. The zero-order valence-corrected chi connectivity index (χ0v) is 53.0. The van der Waals surface area contributed by atoms with Crippen LogP contribution in [0, 0.1) is 89.4 Å². The van der Waals surface area contributed by atoms with Gasteiger partial charge in [-0.3, -0.25) is 0 Å². The van der Waals surface area contributed by atoms with E-state index in [-0.39, 0.29) is 11.1 Å². The van der Waals surface area contributed by atoms with Gasteiger partial charge in [-0.2, -0.15) is 29.0 Å². The Bertz CT molecular complexity index is 5820. The van der Waals surface area contributed by atoms with Crippen LogP contribution in [0.5, 0.6) is 0 Å². The van der Waals surface area contributed by atoms with Crippen LogP contribution in [0.1, 0.15) is 66.8 Å². The highest BCUT2D eigenvalue weighted by molar-refractivity contribution is 6.14. The topological polar surface area (TPSA) is 91.1 Å². The van der Waals surface area contributed by atoms with Crippen LogP contribution >= 0.6 is 0 Å². The summed E-state index contributed by atoms with van der Waals surface area (Å²) in [6.07, 6.45) is -4.71. The second kappa shape index (κ2) is 22.2. The number of halogens is 3. The van der Waals surface area contributed by atoms with E-state index in [2.05, 4.69) is 158 Å². The molecule has 0 fully saturated rings. The molecule has 0 atom stereocenters. The first kappa shape index (κ1) is 58.5.